The summed E-state index contributed by atoms with van der Waals surface area (Å²) in [5, 5.41) is 14.0. The summed E-state index contributed by atoms with van der Waals surface area (Å²) in [6, 6.07) is 5.15. The highest BCUT2D eigenvalue weighted by molar-refractivity contribution is 9.10. The molecule has 1 aliphatic heterocycles. The molecular weight excluding hydrogens is 304 g/mol. The molecule has 1 aliphatic rings. The van der Waals surface area contributed by atoms with Crippen molar-refractivity contribution in [3.8, 4) is 0 Å². The molecule has 1 atom stereocenters. The Morgan fingerprint density at radius 1 is 1.59 bits per heavy atom. The average molecular weight is 317 g/mol. The van der Waals surface area contributed by atoms with E-state index in [1.54, 1.807) is 12.1 Å². The molecule has 4 nitrogen and oxygen atoms in total. The summed E-state index contributed by atoms with van der Waals surface area (Å²) in [6.45, 7) is 0.895. The van der Waals surface area contributed by atoms with Crippen LogP contribution in [0.3, 0.4) is 0 Å². The van der Waals surface area contributed by atoms with Crippen LogP contribution < -0.4 is 5.32 Å². The molecule has 1 saturated heterocycles. The molecule has 0 aliphatic carbocycles. The monoisotopic (exact) mass is 316 g/mol. The van der Waals surface area contributed by atoms with Crippen LogP contribution in [0, 0.1) is 16.0 Å². The summed E-state index contributed by atoms with van der Waals surface area (Å²) in [6.07, 6.45) is 1.23. The number of rotatable bonds is 4. The van der Waals surface area contributed by atoms with Crippen molar-refractivity contribution in [1.82, 2.24) is 0 Å². The van der Waals surface area contributed by atoms with Crippen LogP contribution in [0.2, 0.25) is 0 Å². The van der Waals surface area contributed by atoms with Crippen LogP contribution in [-0.4, -0.2) is 23.0 Å². The van der Waals surface area contributed by atoms with Crippen LogP contribution in [0.15, 0.2) is 22.7 Å². The fourth-order valence-electron chi connectivity index (χ4n) is 1.77. The van der Waals surface area contributed by atoms with E-state index >= 15 is 0 Å². The molecule has 1 N–H and O–H groups in total. The minimum absolute atomic E-state index is 0.107. The number of hydrogen-bond acceptors (Lipinski definition) is 4. The van der Waals surface area contributed by atoms with E-state index in [4.69, 9.17) is 0 Å². The molecule has 2 rings (SSSR count). The van der Waals surface area contributed by atoms with Gasteiger partial charge in [-0.2, -0.15) is 11.8 Å². The molecule has 0 amide bonds. The Kier molecular flexibility index (Phi) is 4.28. The zero-order chi connectivity index (χ0) is 12.3. The zero-order valence-corrected chi connectivity index (χ0v) is 11.6. The molecule has 0 aromatic heterocycles. The molecule has 0 bridgehead atoms. The third-order valence-corrected chi connectivity index (χ3v) is 4.66. The Balaban J connectivity index is 2.00. The Labute approximate surface area is 112 Å². The first-order valence-electron chi connectivity index (χ1n) is 5.42. The Morgan fingerprint density at radius 2 is 2.41 bits per heavy atom. The molecule has 92 valence electrons. The predicted octanol–water partition coefficient (Wildman–Crippen LogP) is 3.52. The topological polar surface area (TPSA) is 55.2 Å². The highest BCUT2D eigenvalue weighted by Crippen LogP contribution is 2.29. The van der Waals surface area contributed by atoms with Gasteiger partial charge in [0.2, 0.25) is 0 Å². The summed E-state index contributed by atoms with van der Waals surface area (Å²) in [5.74, 6) is 3.10. The van der Waals surface area contributed by atoms with Gasteiger partial charge in [0.1, 0.15) is 0 Å². The maximum atomic E-state index is 10.8. The van der Waals surface area contributed by atoms with Crippen molar-refractivity contribution in [1.29, 1.82) is 0 Å². The molecule has 1 fully saturated rings. The van der Waals surface area contributed by atoms with Gasteiger partial charge in [-0.05, 0) is 51.9 Å². The molecular formula is C11H13BrN2O2S. The lowest BCUT2D eigenvalue weighted by atomic mass is 10.1. The second-order valence-electron chi connectivity index (χ2n) is 4.03. The minimum atomic E-state index is -0.374. The third kappa shape index (κ3) is 3.35. The molecule has 0 saturated carbocycles. The molecule has 17 heavy (non-hydrogen) atoms. The van der Waals surface area contributed by atoms with E-state index < -0.39 is 0 Å². The number of benzene rings is 1. The molecule has 0 radical (unpaired) electrons. The van der Waals surface area contributed by atoms with Gasteiger partial charge in [-0.25, -0.2) is 0 Å². The van der Waals surface area contributed by atoms with Crippen molar-refractivity contribution in [3.63, 3.8) is 0 Å². The number of halogens is 1. The maximum Gasteiger partial charge on any atom is 0.285 e. The van der Waals surface area contributed by atoms with Crippen LogP contribution in [0.25, 0.3) is 0 Å². The molecule has 6 heteroatoms. The molecule has 1 unspecified atom stereocenters. The van der Waals surface area contributed by atoms with Gasteiger partial charge in [-0.15, -0.1) is 0 Å². The largest absolute Gasteiger partial charge is 0.385 e. The van der Waals surface area contributed by atoms with Crippen molar-refractivity contribution in [2.75, 3.05) is 23.4 Å². The number of nitro groups is 1. The summed E-state index contributed by atoms with van der Waals surface area (Å²) in [7, 11) is 0. The molecule has 1 heterocycles. The van der Waals surface area contributed by atoms with Crippen LogP contribution in [0.4, 0.5) is 11.4 Å². The molecule has 1 aromatic rings. The second kappa shape index (κ2) is 5.73. The third-order valence-electron chi connectivity index (χ3n) is 2.76. The molecule has 1 aromatic carbocycles. The van der Waals surface area contributed by atoms with Crippen molar-refractivity contribution in [2.45, 2.75) is 6.42 Å². The summed E-state index contributed by atoms with van der Waals surface area (Å²) < 4.78 is 0.518. The minimum Gasteiger partial charge on any atom is -0.385 e. The van der Waals surface area contributed by atoms with E-state index in [9.17, 15) is 10.1 Å². The number of nitrogens with one attached hydrogen (secondary N) is 1. The van der Waals surface area contributed by atoms with E-state index in [0.717, 1.165) is 12.2 Å². The smallest absolute Gasteiger partial charge is 0.285 e. The lowest BCUT2D eigenvalue weighted by Crippen LogP contribution is -2.13. The first kappa shape index (κ1) is 12.7. The van der Waals surface area contributed by atoms with Crippen molar-refractivity contribution in [3.05, 3.63) is 32.8 Å². The Hall–Kier alpha value is -0.750. The maximum absolute atomic E-state index is 10.8. The number of nitro benzene ring substituents is 1. The van der Waals surface area contributed by atoms with E-state index in [-0.39, 0.29) is 10.6 Å². The van der Waals surface area contributed by atoms with Crippen molar-refractivity contribution < 1.29 is 4.92 Å². The van der Waals surface area contributed by atoms with E-state index in [2.05, 4.69) is 21.2 Å². The van der Waals surface area contributed by atoms with E-state index in [1.807, 2.05) is 17.8 Å². The lowest BCUT2D eigenvalue weighted by Gasteiger charge is -2.11. The predicted molar refractivity (Wildman–Crippen MR) is 74.7 cm³/mol. The normalized spacial score (nSPS) is 19.2. The van der Waals surface area contributed by atoms with Crippen molar-refractivity contribution in [2.24, 2.45) is 5.92 Å². The molecule has 0 spiro atoms. The van der Waals surface area contributed by atoms with Crippen LogP contribution in [0.5, 0.6) is 0 Å². The quantitative estimate of drug-likeness (QED) is 0.682. The number of nitrogens with zero attached hydrogens (tertiary/aromatic N) is 1. The standard InChI is InChI=1S/C11H13BrN2O2S/c12-10-2-1-9(5-11(10)14(15)16)13-6-8-3-4-17-7-8/h1-2,5,8,13H,3-4,6-7H2. The van der Waals surface area contributed by atoms with Crippen LogP contribution in [-0.2, 0) is 0 Å². The van der Waals surface area contributed by atoms with E-state index in [0.29, 0.717) is 10.4 Å². The van der Waals surface area contributed by atoms with Gasteiger partial charge in [0.15, 0.2) is 0 Å². The number of thioether (sulfide) groups is 1. The first-order chi connectivity index (χ1) is 8.16. The van der Waals surface area contributed by atoms with Gasteiger partial charge in [0.05, 0.1) is 9.40 Å². The van der Waals surface area contributed by atoms with Crippen LogP contribution in [0.1, 0.15) is 6.42 Å². The fraction of sp³-hybridized carbons (Fsp3) is 0.455. The average Bonchev–Trinajstić information content (AvgIpc) is 2.80. The fourth-order valence-corrected chi connectivity index (χ4v) is 3.44. The van der Waals surface area contributed by atoms with E-state index in [1.165, 1.54) is 17.9 Å². The van der Waals surface area contributed by atoms with Gasteiger partial charge >= 0.3 is 0 Å². The Bertz CT molecular complexity index is 422. The number of anilines is 1. The zero-order valence-electron chi connectivity index (χ0n) is 9.19. The van der Waals surface area contributed by atoms with Crippen molar-refractivity contribution >= 4 is 39.1 Å². The highest BCUT2D eigenvalue weighted by Gasteiger charge is 2.16. The first-order valence-corrected chi connectivity index (χ1v) is 7.37. The summed E-state index contributed by atoms with van der Waals surface area (Å²) in [4.78, 5) is 10.4. The van der Waals surface area contributed by atoms with Gasteiger partial charge < -0.3 is 5.32 Å². The summed E-state index contributed by atoms with van der Waals surface area (Å²) in [5.41, 5.74) is 0.924. The van der Waals surface area contributed by atoms with Crippen LogP contribution >= 0.6 is 27.7 Å². The van der Waals surface area contributed by atoms with Gasteiger partial charge in [-0.3, -0.25) is 10.1 Å². The summed E-state index contributed by atoms with van der Waals surface area (Å²) >= 11 is 5.15. The van der Waals surface area contributed by atoms with Gasteiger partial charge in [0.25, 0.3) is 5.69 Å². The lowest BCUT2D eigenvalue weighted by molar-refractivity contribution is -0.385. The Morgan fingerprint density at radius 3 is 3.06 bits per heavy atom. The second-order valence-corrected chi connectivity index (χ2v) is 6.04. The van der Waals surface area contributed by atoms with Gasteiger partial charge in [0, 0.05) is 18.3 Å². The number of hydrogen-bond donors (Lipinski definition) is 1. The SMILES string of the molecule is O=[N+]([O-])c1cc(NCC2CCSC2)ccc1Br. The van der Waals surface area contributed by atoms with Gasteiger partial charge in [-0.1, -0.05) is 0 Å². The highest BCUT2D eigenvalue weighted by atomic mass is 79.9.